The predicted molar refractivity (Wildman–Crippen MR) is 116 cm³/mol. The molecule has 1 aliphatic heterocycles. The van der Waals surface area contributed by atoms with Crippen LogP contribution in [0.25, 0.3) is 0 Å². The number of carbonyl (C=O) groups is 1. The molecule has 2 aliphatic rings. The van der Waals surface area contributed by atoms with Gasteiger partial charge in [-0.3, -0.25) is 4.90 Å². The van der Waals surface area contributed by atoms with Gasteiger partial charge < -0.3 is 9.64 Å². The molecule has 1 saturated carbocycles. The molecule has 4 nitrogen and oxygen atoms in total. The van der Waals surface area contributed by atoms with E-state index >= 15 is 0 Å². The number of amides is 1. The third-order valence-electron chi connectivity index (χ3n) is 7.51. The van der Waals surface area contributed by atoms with Crippen LogP contribution in [0.4, 0.5) is 44.3 Å². The smallest absolute Gasteiger partial charge is 0.426 e. The largest absolute Gasteiger partial charge is 0.434 e. The molecule has 1 saturated heterocycles. The van der Waals surface area contributed by atoms with Crippen LogP contribution in [-0.2, 0) is 17.5 Å². The normalized spacial score (nSPS) is 19.6. The molecule has 1 aromatic rings. The summed E-state index contributed by atoms with van der Waals surface area (Å²) in [6.45, 7) is 1.87. The molecular formula is C24H29F9N2O2. The number of benzene rings is 1. The fraction of sp³-hybridized carbons (Fsp3) is 0.708. The first-order chi connectivity index (χ1) is 16.9. The maximum absolute atomic E-state index is 13.3. The molecule has 3 rings (SSSR count). The van der Waals surface area contributed by atoms with Crippen molar-refractivity contribution in [2.24, 2.45) is 0 Å². The van der Waals surface area contributed by atoms with Crippen molar-refractivity contribution in [3.05, 3.63) is 34.9 Å². The molecule has 37 heavy (non-hydrogen) atoms. The summed E-state index contributed by atoms with van der Waals surface area (Å²) in [5.74, 6) is 0.0188. The molecule has 0 spiro atoms. The van der Waals surface area contributed by atoms with Gasteiger partial charge in [0.25, 0.3) is 6.10 Å². The van der Waals surface area contributed by atoms with Crippen molar-refractivity contribution in [2.45, 2.75) is 88.1 Å². The van der Waals surface area contributed by atoms with E-state index in [-0.39, 0.29) is 31.8 Å². The molecule has 1 heterocycles. The molecule has 13 heteroatoms. The Kier molecular flexibility index (Phi) is 8.36. The first-order valence-electron chi connectivity index (χ1n) is 11.9. The van der Waals surface area contributed by atoms with Gasteiger partial charge in [-0.1, -0.05) is 18.9 Å². The average Bonchev–Trinajstić information content (AvgIpc) is 3.30. The van der Waals surface area contributed by atoms with Gasteiger partial charge >= 0.3 is 24.6 Å². The van der Waals surface area contributed by atoms with Crippen molar-refractivity contribution in [1.82, 2.24) is 9.80 Å². The summed E-state index contributed by atoms with van der Waals surface area (Å²) >= 11 is 0. The van der Waals surface area contributed by atoms with Crippen molar-refractivity contribution in [2.75, 3.05) is 20.1 Å². The van der Waals surface area contributed by atoms with Crippen LogP contribution in [0, 0.1) is 0 Å². The Balaban J connectivity index is 1.69. The van der Waals surface area contributed by atoms with E-state index in [0.29, 0.717) is 12.1 Å². The van der Waals surface area contributed by atoms with Crippen molar-refractivity contribution in [3.63, 3.8) is 0 Å². The Morgan fingerprint density at radius 3 is 2.05 bits per heavy atom. The molecule has 0 N–H and O–H groups in total. The van der Waals surface area contributed by atoms with Gasteiger partial charge in [0.1, 0.15) is 0 Å². The highest BCUT2D eigenvalue weighted by atomic mass is 19.4. The van der Waals surface area contributed by atoms with Crippen LogP contribution in [0.3, 0.4) is 0 Å². The number of ether oxygens (including phenoxy) is 1. The van der Waals surface area contributed by atoms with Crippen LogP contribution < -0.4 is 0 Å². The number of alkyl halides is 9. The lowest BCUT2D eigenvalue weighted by atomic mass is 9.86. The second-order valence-electron chi connectivity index (χ2n) is 10.1. The summed E-state index contributed by atoms with van der Waals surface area (Å²) in [5, 5.41) is 0. The number of hydrogen-bond donors (Lipinski definition) is 0. The van der Waals surface area contributed by atoms with Crippen molar-refractivity contribution >= 4 is 6.09 Å². The molecule has 0 unspecified atom stereocenters. The van der Waals surface area contributed by atoms with E-state index < -0.39 is 41.8 Å². The summed E-state index contributed by atoms with van der Waals surface area (Å²) in [5.41, 5.74) is 0.0764. The Hall–Kier alpha value is -2.18. The lowest BCUT2D eigenvalue weighted by molar-refractivity contribution is -0.308. The number of likely N-dealkylation sites (tertiary alicyclic amines) is 1. The van der Waals surface area contributed by atoms with Gasteiger partial charge in [-0.15, -0.1) is 0 Å². The van der Waals surface area contributed by atoms with E-state index in [1.165, 1.54) is 12.1 Å². The standard InChI is InChI=1S/C24H29F9N2O2/c1-21(9-11-35(12-10-21)20(36)37-19(23(28,29)30)24(31,32)33)34(2)14-16-7-8-17(22(25,26)27)13-18(16)15-5-3-4-6-15/h7-8,13,15,19H,3-6,9-12,14H2,1-2H3. The van der Waals surface area contributed by atoms with Gasteiger partial charge in [-0.05, 0) is 68.8 Å². The van der Waals surface area contributed by atoms with Crippen LogP contribution in [0.15, 0.2) is 18.2 Å². The molecule has 1 aliphatic carbocycles. The molecule has 2 fully saturated rings. The Labute approximate surface area is 208 Å². The molecule has 1 aromatic carbocycles. The number of hydrogen-bond acceptors (Lipinski definition) is 3. The summed E-state index contributed by atoms with van der Waals surface area (Å²) in [6.07, 6.45) is -18.1. The predicted octanol–water partition coefficient (Wildman–Crippen LogP) is 7.28. The Morgan fingerprint density at radius 2 is 1.57 bits per heavy atom. The van der Waals surface area contributed by atoms with Gasteiger partial charge in [0, 0.05) is 25.2 Å². The van der Waals surface area contributed by atoms with Gasteiger partial charge in [0.15, 0.2) is 0 Å². The van der Waals surface area contributed by atoms with E-state index in [1.54, 1.807) is 7.05 Å². The van der Waals surface area contributed by atoms with Gasteiger partial charge in [0.05, 0.1) is 5.56 Å². The second-order valence-corrected chi connectivity index (χ2v) is 10.1. The SMILES string of the molecule is CN(Cc1ccc(C(F)(F)F)cc1C1CCCC1)C1(C)CCN(C(=O)OC(C(F)(F)F)C(F)(F)F)CC1. The van der Waals surface area contributed by atoms with Gasteiger partial charge in [0.2, 0.25) is 0 Å². The third kappa shape index (κ3) is 7.02. The number of rotatable bonds is 5. The second kappa shape index (κ2) is 10.5. The zero-order valence-corrected chi connectivity index (χ0v) is 20.4. The molecule has 0 atom stereocenters. The Bertz CT molecular complexity index is 931. The van der Waals surface area contributed by atoms with Crippen molar-refractivity contribution < 1.29 is 49.0 Å². The summed E-state index contributed by atoms with van der Waals surface area (Å²) in [6, 6.07) is 3.72. The van der Waals surface area contributed by atoms with E-state index in [0.717, 1.165) is 42.2 Å². The van der Waals surface area contributed by atoms with Crippen LogP contribution in [0.2, 0.25) is 0 Å². The van der Waals surface area contributed by atoms with Crippen LogP contribution >= 0.6 is 0 Å². The quantitative estimate of drug-likeness (QED) is 0.363. The van der Waals surface area contributed by atoms with Gasteiger partial charge in [-0.25, -0.2) is 4.79 Å². The summed E-state index contributed by atoms with van der Waals surface area (Å²) < 4.78 is 120. The van der Waals surface area contributed by atoms with Crippen molar-refractivity contribution in [3.8, 4) is 0 Å². The zero-order chi connectivity index (χ0) is 27.8. The monoisotopic (exact) mass is 548 g/mol. The van der Waals surface area contributed by atoms with E-state index in [9.17, 15) is 44.3 Å². The third-order valence-corrected chi connectivity index (χ3v) is 7.51. The minimum Gasteiger partial charge on any atom is -0.426 e. The van der Waals surface area contributed by atoms with E-state index in [1.807, 2.05) is 11.8 Å². The van der Waals surface area contributed by atoms with Crippen LogP contribution in [-0.4, -0.2) is 60.0 Å². The molecule has 210 valence electrons. The summed E-state index contributed by atoms with van der Waals surface area (Å²) in [7, 11) is 1.76. The fourth-order valence-electron chi connectivity index (χ4n) is 5.03. The highest BCUT2D eigenvalue weighted by Crippen LogP contribution is 2.41. The number of piperidine rings is 1. The lowest BCUT2D eigenvalue weighted by Crippen LogP contribution is -2.54. The van der Waals surface area contributed by atoms with Crippen LogP contribution in [0.5, 0.6) is 0 Å². The molecule has 0 aromatic heterocycles. The maximum Gasteiger partial charge on any atom is 0.434 e. The van der Waals surface area contributed by atoms with Crippen molar-refractivity contribution in [1.29, 1.82) is 0 Å². The minimum atomic E-state index is -5.79. The molecule has 0 radical (unpaired) electrons. The first kappa shape index (κ1) is 29.4. The highest BCUT2D eigenvalue weighted by molar-refractivity contribution is 5.68. The number of halogens is 9. The van der Waals surface area contributed by atoms with Crippen LogP contribution in [0.1, 0.15) is 68.1 Å². The van der Waals surface area contributed by atoms with E-state index in [2.05, 4.69) is 4.74 Å². The van der Waals surface area contributed by atoms with E-state index in [4.69, 9.17) is 0 Å². The average molecular weight is 548 g/mol. The first-order valence-corrected chi connectivity index (χ1v) is 11.9. The topological polar surface area (TPSA) is 32.8 Å². The molecule has 0 bridgehead atoms. The Morgan fingerprint density at radius 1 is 1.03 bits per heavy atom. The highest BCUT2D eigenvalue weighted by Gasteiger charge is 2.60. The lowest BCUT2D eigenvalue weighted by Gasteiger charge is -2.45. The fourth-order valence-corrected chi connectivity index (χ4v) is 5.03. The molecule has 1 amide bonds. The molecular weight excluding hydrogens is 519 g/mol. The summed E-state index contributed by atoms with van der Waals surface area (Å²) in [4.78, 5) is 14.8. The minimum absolute atomic E-state index is 0.0188. The zero-order valence-electron chi connectivity index (χ0n) is 20.4. The number of nitrogens with zero attached hydrogens (tertiary/aromatic N) is 2. The maximum atomic E-state index is 13.3. The van der Waals surface area contributed by atoms with Gasteiger partial charge in [-0.2, -0.15) is 39.5 Å². The number of carbonyl (C=O) groups excluding carboxylic acids is 1.